The van der Waals surface area contributed by atoms with Crippen LogP contribution in [0.15, 0.2) is 0 Å². The first-order chi connectivity index (χ1) is 6.54. The summed E-state index contributed by atoms with van der Waals surface area (Å²) in [4.78, 5) is 0. The van der Waals surface area contributed by atoms with Gasteiger partial charge in [0.05, 0.1) is 5.75 Å². The highest BCUT2D eigenvalue weighted by Crippen LogP contribution is 2.43. The predicted molar refractivity (Wildman–Crippen MR) is 56.9 cm³/mol. The van der Waals surface area contributed by atoms with Crippen molar-refractivity contribution in [3.05, 3.63) is 0 Å². The number of aliphatic hydroxyl groups excluding tert-OH is 1. The van der Waals surface area contributed by atoms with Gasteiger partial charge in [0, 0.05) is 12.4 Å². The van der Waals surface area contributed by atoms with E-state index in [2.05, 4.69) is 0 Å². The van der Waals surface area contributed by atoms with E-state index in [1.54, 1.807) is 0 Å². The van der Waals surface area contributed by atoms with Gasteiger partial charge in [-0.05, 0) is 31.1 Å². The molecule has 0 amide bonds. The van der Waals surface area contributed by atoms with Gasteiger partial charge in [0.15, 0.2) is 0 Å². The molecule has 1 aliphatic carbocycles. The molecule has 0 radical (unpaired) electrons. The Morgan fingerprint density at radius 2 is 1.93 bits per heavy atom. The van der Waals surface area contributed by atoms with Crippen LogP contribution in [0.25, 0.3) is 0 Å². The molecule has 0 atom stereocenters. The van der Waals surface area contributed by atoms with Crippen molar-refractivity contribution >= 4 is 9.84 Å². The molecule has 1 aliphatic rings. The van der Waals surface area contributed by atoms with Gasteiger partial charge in [-0.15, -0.1) is 0 Å². The van der Waals surface area contributed by atoms with Gasteiger partial charge in [0.2, 0.25) is 0 Å². The van der Waals surface area contributed by atoms with Gasteiger partial charge < -0.3 is 5.11 Å². The van der Waals surface area contributed by atoms with Crippen LogP contribution >= 0.6 is 0 Å². The van der Waals surface area contributed by atoms with Crippen molar-refractivity contribution in [1.82, 2.24) is 0 Å². The van der Waals surface area contributed by atoms with Crippen molar-refractivity contribution in [3.63, 3.8) is 0 Å². The fourth-order valence-corrected chi connectivity index (χ4v) is 3.52. The van der Waals surface area contributed by atoms with Gasteiger partial charge in [-0.1, -0.05) is 13.3 Å². The van der Waals surface area contributed by atoms with Gasteiger partial charge in [0.25, 0.3) is 0 Å². The maximum absolute atomic E-state index is 11.5. The first-order valence-electron chi connectivity index (χ1n) is 5.35. The number of rotatable bonds is 6. The minimum absolute atomic E-state index is 0.0548. The third-order valence-electron chi connectivity index (χ3n) is 3.21. The quantitative estimate of drug-likeness (QED) is 0.735. The second-order valence-corrected chi connectivity index (χ2v) is 6.72. The molecule has 1 saturated carbocycles. The van der Waals surface area contributed by atoms with E-state index in [0.29, 0.717) is 12.8 Å². The van der Waals surface area contributed by atoms with Crippen LogP contribution in [0.2, 0.25) is 0 Å². The summed E-state index contributed by atoms with van der Waals surface area (Å²) in [7, 11) is -2.86. The molecule has 0 aromatic carbocycles. The summed E-state index contributed by atoms with van der Waals surface area (Å²) in [5.74, 6) is 0.538. The van der Waals surface area contributed by atoms with Gasteiger partial charge in [-0.25, -0.2) is 8.42 Å². The van der Waals surface area contributed by atoms with Crippen molar-refractivity contribution < 1.29 is 13.5 Å². The number of hydrogen-bond donors (Lipinski definition) is 1. The first-order valence-corrected chi connectivity index (χ1v) is 7.17. The van der Waals surface area contributed by atoms with Crippen molar-refractivity contribution in [2.75, 3.05) is 18.1 Å². The summed E-state index contributed by atoms with van der Waals surface area (Å²) in [6, 6.07) is 0. The molecule has 0 bridgehead atoms. The van der Waals surface area contributed by atoms with Crippen LogP contribution in [-0.4, -0.2) is 31.6 Å². The summed E-state index contributed by atoms with van der Waals surface area (Å²) in [6.45, 7) is 2.03. The number of aliphatic hydroxyl groups is 1. The summed E-state index contributed by atoms with van der Waals surface area (Å²) in [5.41, 5.74) is -0.0548. The molecule has 14 heavy (non-hydrogen) atoms. The van der Waals surface area contributed by atoms with E-state index in [4.69, 9.17) is 5.11 Å². The lowest BCUT2D eigenvalue weighted by Gasteiger charge is -2.40. The van der Waals surface area contributed by atoms with Gasteiger partial charge in [0.1, 0.15) is 9.84 Å². The van der Waals surface area contributed by atoms with E-state index < -0.39 is 9.84 Å². The Kier molecular flexibility index (Phi) is 3.95. The van der Waals surface area contributed by atoms with Crippen molar-refractivity contribution in [3.8, 4) is 0 Å². The molecule has 0 spiro atoms. The maximum atomic E-state index is 11.5. The van der Waals surface area contributed by atoms with Crippen molar-refractivity contribution in [1.29, 1.82) is 0 Å². The van der Waals surface area contributed by atoms with E-state index in [-0.39, 0.29) is 23.5 Å². The smallest absolute Gasteiger partial charge is 0.150 e. The Morgan fingerprint density at radius 3 is 2.29 bits per heavy atom. The molecule has 0 aliphatic heterocycles. The molecule has 1 fully saturated rings. The standard InChI is InChI=1S/C10H20O3S/c1-2-7-14(12,13)8-6-10(9-11)4-3-5-10/h11H,2-9H2,1H3. The third-order valence-corrected chi connectivity index (χ3v) is 5.06. The van der Waals surface area contributed by atoms with Crippen molar-refractivity contribution in [2.24, 2.45) is 5.41 Å². The zero-order valence-corrected chi connectivity index (χ0v) is 9.65. The van der Waals surface area contributed by atoms with Gasteiger partial charge in [-0.2, -0.15) is 0 Å². The fraction of sp³-hybridized carbons (Fsp3) is 1.00. The topological polar surface area (TPSA) is 54.4 Å². The Bertz CT molecular complexity index is 260. The molecular weight excluding hydrogens is 200 g/mol. The first kappa shape index (κ1) is 12.0. The lowest BCUT2D eigenvalue weighted by atomic mass is 9.68. The zero-order valence-electron chi connectivity index (χ0n) is 8.83. The van der Waals surface area contributed by atoms with Gasteiger partial charge in [-0.3, -0.25) is 0 Å². The minimum Gasteiger partial charge on any atom is -0.396 e. The molecule has 4 heteroatoms. The monoisotopic (exact) mass is 220 g/mol. The molecule has 0 heterocycles. The van der Waals surface area contributed by atoms with E-state index in [0.717, 1.165) is 19.3 Å². The lowest BCUT2D eigenvalue weighted by molar-refractivity contribution is 0.0418. The summed E-state index contributed by atoms with van der Waals surface area (Å²) < 4.78 is 22.9. The van der Waals surface area contributed by atoms with Crippen LogP contribution in [0.4, 0.5) is 0 Å². The van der Waals surface area contributed by atoms with E-state index in [1.807, 2.05) is 6.92 Å². The Labute approximate surface area is 86.4 Å². The average Bonchev–Trinajstić information content (AvgIpc) is 2.03. The molecule has 3 nitrogen and oxygen atoms in total. The molecule has 1 N–H and O–H groups in total. The van der Waals surface area contributed by atoms with Crippen molar-refractivity contribution in [2.45, 2.75) is 39.0 Å². The van der Waals surface area contributed by atoms with Crippen LogP contribution in [-0.2, 0) is 9.84 Å². The molecule has 0 aromatic heterocycles. The highest BCUT2D eigenvalue weighted by Gasteiger charge is 2.36. The minimum atomic E-state index is -2.86. The highest BCUT2D eigenvalue weighted by molar-refractivity contribution is 7.91. The Morgan fingerprint density at radius 1 is 1.29 bits per heavy atom. The Balaban J connectivity index is 2.39. The molecule has 0 unspecified atom stereocenters. The maximum Gasteiger partial charge on any atom is 0.150 e. The number of hydrogen-bond acceptors (Lipinski definition) is 3. The van der Waals surface area contributed by atoms with Crippen LogP contribution in [0, 0.1) is 5.41 Å². The van der Waals surface area contributed by atoms with E-state index in [9.17, 15) is 8.42 Å². The predicted octanol–water partition coefficient (Wildman–Crippen LogP) is 1.36. The Hall–Kier alpha value is -0.0900. The van der Waals surface area contributed by atoms with Crippen LogP contribution in [0.1, 0.15) is 39.0 Å². The van der Waals surface area contributed by atoms with Crippen LogP contribution < -0.4 is 0 Å². The third kappa shape index (κ3) is 2.95. The molecule has 0 aromatic rings. The SMILES string of the molecule is CCCS(=O)(=O)CCC1(CO)CCC1. The highest BCUT2D eigenvalue weighted by atomic mass is 32.2. The molecule has 84 valence electrons. The van der Waals surface area contributed by atoms with Crippen LogP contribution in [0.5, 0.6) is 0 Å². The average molecular weight is 220 g/mol. The zero-order chi connectivity index (χ0) is 10.7. The normalized spacial score (nSPS) is 20.4. The summed E-state index contributed by atoms with van der Waals surface area (Å²) in [6.07, 6.45) is 4.45. The van der Waals surface area contributed by atoms with E-state index >= 15 is 0 Å². The second-order valence-electron chi connectivity index (χ2n) is 4.41. The van der Waals surface area contributed by atoms with Gasteiger partial charge >= 0.3 is 0 Å². The molecule has 0 saturated heterocycles. The second kappa shape index (κ2) is 4.62. The van der Waals surface area contributed by atoms with E-state index in [1.165, 1.54) is 0 Å². The summed E-state index contributed by atoms with van der Waals surface area (Å²) >= 11 is 0. The molecular formula is C10H20O3S. The lowest BCUT2D eigenvalue weighted by Crippen LogP contribution is -2.35. The molecule has 1 rings (SSSR count). The van der Waals surface area contributed by atoms with Crippen LogP contribution in [0.3, 0.4) is 0 Å². The fourth-order valence-electron chi connectivity index (χ4n) is 1.95. The summed E-state index contributed by atoms with van der Waals surface area (Å²) in [5, 5.41) is 9.17. The number of sulfone groups is 1. The largest absolute Gasteiger partial charge is 0.396 e.